The highest BCUT2D eigenvalue weighted by Gasteiger charge is 2.53. The van der Waals surface area contributed by atoms with Crippen LogP contribution in [-0.2, 0) is 38.7 Å². The average molecular weight is 427 g/mol. The molecular formula is C17H22O9Si2. The smallest absolute Gasteiger partial charge is 0.517 e. The van der Waals surface area contributed by atoms with Crippen molar-refractivity contribution in [3.05, 3.63) is 36.0 Å². The van der Waals surface area contributed by atoms with Gasteiger partial charge in [0.25, 0.3) is 17.9 Å². The molecule has 9 nitrogen and oxygen atoms in total. The molecule has 0 saturated carbocycles. The molecule has 1 aromatic rings. The zero-order valence-corrected chi connectivity index (χ0v) is 18.1. The van der Waals surface area contributed by atoms with Crippen molar-refractivity contribution in [2.75, 3.05) is 6.23 Å². The predicted molar refractivity (Wildman–Crippen MR) is 100 cm³/mol. The van der Waals surface area contributed by atoms with E-state index in [9.17, 15) is 14.4 Å². The summed E-state index contributed by atoms with van der Waals surface area (Å²) in [5.74, 6) is -1.26. The summed E-state index contributed by atoms with van der Waals surface area (Å²) in [5.41, 5.74) is 2.45. The standard InChI is InChI=1S/C17H22O9Si2/c1-6-27(5)22-10-15-9-16(7-8-17(15)26-27)21-11-28(23-12(2)18,24-13(3)19)25-14(4)20/h6-9H,1,10-11H2,2-5H3. The average Bonchev–Trinajstić information content (AvgIpc) is 2.58. The lowest BCUT2D eigenvalue weighted by Gasteiger charge is -2.31. The summed E-state index contributed by atoms with van der Waals surface area (Å²) in [6, 6.07) is 5.03. The molecule has 1 aliphatic rings. The Labute approximate surface area is 164 Å². The molecule has 1 unspecified atom stereocenters. The van der Waals surface area contributed by atoms with Crippen LogP contribution in [0.4, 0.5) is 0 Å². The summed E-state index contributed by atoms with van der Waals surface area (Å²) in [4.78, 5) is 34.4. The normalized spacial score (nSPS) is 18.1. The Morgan fingerprint density at radius 2 is 1.71 bits per heavy atom. The second kappa shape index (κ2) is 8.58. The van der Waals surface area contributed by atoms with Crippen LogP contribution < -0.4 is 9.16 Å². The molecule has 28 heavy (non-hydrogen) atoms. The van der Waals surface area contributed by atoms with Crippen molar-refractivity contribution in [1.29, 1.82) is 0 Å². The lowest BCUT2D eigenvalue weighted by atomic mass is 10.2. The van der Waals surface area contributed by atoms with Crippen LogP contribution in [0.5, 0.6) is 11.5 Å². The molecule has 0 fully saturated rings. The Bertz CT molecular complexity index is 754. The van der Waals surface area contributed by atoms with Crippen molar-refractivity contribution < 1.29 is 41.3 Å². The molecular weight excluding hydrogens is 404 g/mol. The third-order valence-corrected chi connectivity index (χ3v) is 7.92. The monoisotopic (exact) mass is 426 g/mol. The van der Waals surface area contributed by atoms with Crippen LogP contribution >= 0.6 is 0 Å². The van der Waals surface area contributed by atoms with Gasteiger partial charge in [-0.15, -0.1) is 6.58 Å². The number of carbonyl (C=O) groups is 3. The molecule has 152 valence electrons. The maximum absolute atomic E-state index is 11.5. The fourth-order valence-electron chi connectivity index (χ4n) is 2.41. The zero-order chi connectivity index (χ0) is 20.9. The SMILES string of the molecule is C=C[Si]1(C)OCc2cc(OC[Si](OC(C)=O)(OC(C)=O)OC(C)=O)ccc2O1. The molecule has 0 amide bonds. The van der Waals surface area contributed by atoms with Gasteiger partial charge in [-0.25, -0.2) is 0 Å². The summed E-state index contributed by atoms with van der Waals surface area (Å²) in [7, 11) is -6.50. The highest BCUT2D eigenvalue weighted by atomic mass is 28.4. The van der Waals surface area contributed by atoms with E-state index < -0.39 is 41.5 Å². The Morgan fingerprint density at radius 1 is 1.14 bits per heavy atom. The second-order valence-corrected chi connectivity index (χ2v) is 11.3. The summed E-state index contributed by atoms with van der Waals surface area (Å²) < 4.78 is 32.5. The maximum atomic E-state index is 11.5. The van der Waals surface area contributed by atoms with E-state index in [1.807, 2.05) is 6.55 Å². The Hall–Kier alpha value is -2.64. The minimum atomic E-state index is -4.07. The first-order valence-electron chi connectivity index (χ1n) is 8.37. The number of carbonyl (C=O) groups excluding carboxylic acids is 3. The van der Waals surface area contributed by atoms with Crippen molar-refractivity contribution >= 4 is 35.3 Å². The lowest BCUT2D eigenvalue weighted by Crippen LogP contribution is -2.54. The maximum Gasteiger partial charge on any atom is 0.745 e. The van der Waals surface area contributed by atoms with Gasteiger partial charge in [-0.3, -0.25) is 14.4 Å². The first-order valence-corrected chi connectivity index (χ1v) is 12.7. The number of benzene rings is 1. The molecule has 0 N–H and O–H groups in total. The van der Waals surface area contributed by atoms with Crippen LogP contribution in [-0.4, -0.2) is 41.5 Å². The van der Waals surface area contributed by atoms with Gasteiger partial charge in [-0.05, 0) is 30.4 Å². The Balaban J connectivity index is 2.20. The van der Waals surface area contributed by atoms with E-state index in [4.69, 9.17) is 26.9 Å². The van der Waals surface area contributed by atoms with E-state index >= 15 is 0 Å². The third-order valence-electron chi connectivity index (χ3n) is 3.54. The highest BCUT2D eigenvalue weighted by molar-refractivity contribution is 6.72. The van der Waals surface area contributed by atoms with Gasteiger partial charge in [0, 0.05) is 26.3 Å². The van der Waals surface area contributed by atoms with Gasteiger partial charge in [0.05, 0.1) is 6.61 Å². The summed E-state index contributed by atoms with van der Waals surface area (Å²) in [6.07, 6.45) is -0.425. The summed E-state index contributed by atoms with van der Waals surface area (Å²) >= 11 is 0. The van der Waals surface area contributed by atoms with E-state index in [1.54, 1.807) is 23.9 Å². The summed E-state index contributed by atoms with van der Waals surface area (Å²) in [6.45, 7) is 9.28. The molecule has 0 saturated heterocycles. The first-order chi connectivity index (χ1) is 13.1. The van der Waals surface area contributed by atoms with Gasteiger partial charge >= 0.3 is 17.4 Å². The predicted octanol–water partition coefficient (Wildman–Crippen LogP) is 1.94. The second-order valence-electron chi connectivity index (χ2n) is 6.13. The molecule has 0 radical (unpaired) electrons. The summed E-state index contributed by atoms with van der Waals surface area (Å²) in [5, 5.41) is 0. The van der Waals surface area contributed by atoms with E-state index in [1.165, 1.54) is 0 Å². The Kier molecular flexibility index (Phi) is 6.64. The van der Waals surface area contributed by atoms with E-state index in [2.05, 4.69) is 6.58 Å². The first kappa shape index (κ1) is 21.7. The van der Waals surface area contributed by atoms with E-state index in [0.29, 0.717) is 18.1 Å². The molecule has 1 aliphatic heterocycles. The van der Waals surface area contributed by atoms with E-state index in [-0.39, 0.29) is 0 Å². The van der Waals surface area contributed by atoms with Crippen molar-refractivity contribution in [3.8, 4) is 11.5 Å². The van der Waals surface area contributed by atoms with Crippen molar-refractivity contribution in [2.45, 2.75) is 33.9 Å². The molecule has 11 heteroatoms. The molecule has 1 atom stereocenters. The zero-order valence-electron chi connectivity index (χ0n) is 16.1. The topological polar surface area (TPSA) is 107 Å². The van der Waals surface area contributed by atoms with Crippen LogP contribution in [0.3, 0.4) is 0 Å². The number of fused-ring (bicyclic) bond motifs is 1. The number of rotatable bonds is 7. The molecule has 0 bridgehead atoms. The highest BCUT2D eigenvalue weighted by Crippen LogP contribution is 2.32. The van der Waals surface area contributed by atoms with Crippen molar-refractivity contribution in [2.24, 2.45) is 0 Å². The van der Waals surface area contributed by atoms with Crippen LogP contribution in [0, 0.1) is 0 Å². The van der Waals surface area contributed by atoms with Crippen LogP contribution in [0.1, 0.15) is 26.3 Å². The molecule has 0 spiro atoms. The van der Waals surface area contributed by atoms with Crippen molar-refractivity contribution in [1.82, 2.24) is 0 Å². The van der Waals surface area contributed by atoms with Crippen molar-refractivity contribution in [3.63, 3.8) is 0 Å². The largest absolute Gasteiger partial charge is 0.745 e. The fourth-order valence-corrected chi connectivity index (χ4v) is 5.70. The quantitative estimate of drug-likeness (QED) is 0.605. The van der Waals surface area contributed by atoms with Gasteiger partial charge < -0.3 is 26.9 Å². The number of hydrogen-bond acceptors (Lipinski definition) is 9. The minimum Gasteiger partial charge on any atom is -0.517 e. The van der Waals surface area contributed by atoms with Gasteiger partial charge in [0.2, 0.25) is 0 Å². The molecule has 2 rings (SSSR count). The van der Waals surface area contributed by atoms with Gasteiger partial charge in [-0.1, -0.05) is 0 Å². The van der Waals surface area contributed by atoms with Crippen LogP contribution in [0.2, 0.25) is 6.55 Å². The van der Waals surface area contributed by atoms with Gasteiger partial charge in [0.1, 0.15) is 11.5 Å². The van der Waals surface area contributed by atoms with Crippen LogP contribution in [0.25, 0.3) is 0 Å². The Morgan fingerprint density at radius 3 is 2.21 bits per heavy atom. The minimum absolute atomic E-state index is 0.321. The van der Waals surface area contributed by atoms with Crippen LogP contribution in [0.15, 0.2) is 30.5 Å². The molecule has 1 aromatic carbocycles. The molecule has 1 heterocycles. The van der Waals surface area contributed by atoms with E-state index in [0.717, 1.165) is 26.3 Å². The third kappa shape index (κ3) is 5.68. The van der Waals surface area contributed by atoms with Gasteiger partial charge in [0.15, 0.2) is 6.23 Å². The molecule has 0 aliphatic carbocycles. The lowest BCUT2D eigenvalue weighted by molar-refractivity contribution is -0.148. The number of hydrogen-bond donors (Lipinski definition) is 0. The molecule has 0 aromatic heterocycles. The fraction of sp³-hybridized carbons (Fsp3) is 0.353. The number of ether oxygens (including phenoxy) is 1. The van der Waals surface area contributed by atoms with Gasteiger partial charge in [-0.2, -0.15) is 0 Å².